The number of hydrogen-bond donors (Lipinski definition) is 1. The second kappa shape index (κ2) is 5.68. The topological polar surface area (TPSA) is 12.0 Å². The summed E-state index contributed by atoms with van der Waals surface area (Å²) in [6, 6.07) is 11.9. The van der Waals surface area contributed by atoms with E-state index >= 15 is 0 Å². The van der Waals surface area contributed by atoms with Crippen LogP contribution >= 0.6 is 0 Å². The molecule has 1 saturated carbocycles. The summed E-state index contributed by atoms with van der Waals surface area (Å²) in [5.41, 5.74) is 1.40. The van der Waals surface area contributed by atoms with Crippen molar-refractivity contribution >= 4 is 0 Å². The van der Waals surface area contributed by atoms with Crippen molar-refractivity contribution in [1.82, 2.24) is 5.32 Å². The smallest absolute Gasteiger partial charge is 0.0294 e. The van der Waals surface area contributed by atoms with Crippen LogP contribution in [0.4, 0.5) is 0 Å². The Morgan fingerprint density at radius 1 is 1.12 bits per heavy atom. The molecule has 0 amide bonds. The van der Waals surface area contributed by atoms with E-state index < -0.39 is 0 Å². The van der Waals surface area contributed by atoms with Crippen molar-refractivity contribution in [3.63, 3.8) is 0 Å². The molecular formula is C16H25N. The van der Waals surface area contributed by atoms with Gasteiger partial charge in [-0.1, -0.05) is 57.0 Å². The van der Waals surface area contributed by atoms with Crippen molar-refractivity contribution < 1.29 is 0 Å². The number of rotatable bonds is 3. The Morgan fingerprint density at radius 2 is 1.82 bits per heavy atom. The van der Waals surface area contributed by atoms with Gasteiger partial charge in [-0.05, 0) is 30.7 Å². The van der Waals surface area contributed by atoms with E-state index in [1.807, 2.05) is 0 Å². The van der Waals surface area contributed by atoms with E-state index in [1.165, 1.54) is 24.8 Å². The van der Waals surface area contributed by atoms with Crippen LogP contribution in [0.15, 0.2) is 30.3 Å². The third-order valence-corrected chi connectivity index (χ3v) is 4.47. The zero-order valence-corrected chi connectivity index (χ0v) is 11.3. The Balaban J connectivity index is 1.96. The van der Waals surface area contributed by atoms with Gasteiger partial charge in [-0.2, -0.15) is 0 Å². The molecule has 1 N–H and O–H groups in total. The highest BCUT2D eigenvalue weighted by Crippen LogP contribution is 2.30. The number of benzene rings is 1. The Bertz CT molecular complexity index is 333. The quantitative estimate of drug-likeness (QED) is 0.823. The van der Waals surface area contributed by atoms with Crippen molar-refractivity contribution in [2.45, 2.75) is 52.1 Å². The van der Waals surface area contributed by atoms with Crippen LogP contribution in [0.25, 0.3) is 0 Å². The second-order valence-corrected chi connectivity index (χ2v) is 5.67. The molecule has 4 atom stereocenters. The van der Waals surface area contributed by atoms with Crippen molar-refractivity contribution in [2.75, 3.05) is 0 Å². The fourth-order valence-corrected chi connectivity index (χ4v) is 2.98. The van der Waals surface area contributed by atoms with Gasteiger partial charge in [0.1, 0.15) is 0 Å². The summed E-state index contributed by atoms with van der Waals surface area (Å²) in [6.07, 6.45) is 4.12. The van der Waals surface area contributed by atoms with Gasteiger partial charge in [0.25, 0.3) is 0 Å². The third kappa shape index (κ3) is 3.10. The summed E-state index contributed by atoms with van der Waals surface area (Å²) in [5.74, 6) is 1.67. The first-order chi connectivity index (χ1) is 8.18. The van der Waals surface area contributed by atoms with Crippen molar-refractivity contribution in [3.05, 3.63) is 35.9 Å². The molecule has 1 heteroatoms. The SMILES string of the molecule is C[C@@H]1[C@H](C)CCC[C@@H]1N[C@@H](C)c1ccccc1. The van der Waals surface area contributed by atoms with E-state index in [2.05, 4.69) is 56.4 Å². The maximum atomic E-state index is 3.82. The number of nitrogens with one attached hydrogen (secondary N) is 1. The van der Waals surface area contributed by atoms with Crippen LogP contribution in [0.3, 0.4) is 0 Å². The molecule has 0 heterocycles. The fraction of sp³-hybridized carbons (Fsp3) is 0.625. The highest BCUT2D eigenvalue weighted by Gasteiger charge is 2.27. The van der Waals surface area contributed by atoms with Crippen LogP contribution in [-0.2, 0) is 0 Å². The lowest BCUT2D eigenvalue weighted by Gasteiger charge is -2.36. The fourth-order valence-electron chi connectivity index (χ4n) is 2.98. The average Bonchev–Trinajstić information content (AvgIpc) is 2.36. The molecule has 0 aliphatic heterocycles. The molecule has 1 aromatic carbocycles. The van der Waals surface area contributed by atoms with E-state index in [9.17, 15) is 0 Å². The first kappa shape index (κ1) is 12.6. The maximum Gasteiger partial charge on any atom is 0.0294 e. The minimum absolute atomic E-state index is 0.467. The summed E-state index contributed by atoms with van der Waals surface area (Å²) in [5, 5.41) is 3.82. The van der Waals surface area contributed by atoms with Gasteiger partial charge in [0.05, 0.1) is 0 Å². The van der Waals surface area contributed by atoms with Crippen molar-refractivity contribution in [1.29, 1.82) is 0 Å². The number of hydrogen-bond acceptors (Lipinski definition) is 1. The van der Waals surface area contributed by atoms with Crippen LogP contribution in [0, 0.1) is 11.8 Å². The van der Waals surface area contributed by atoms with Crippen LogP contribution in [-0.4, -0.2) is 6.04 Å². The first-order valence-corrected chi connectivity index (χ1v) is 6.99. The van der Waals surface area contributed by atoms with Crippen LogP contribution < -0.4 is 5.32 Å². The molecule has 17 heavy (non-hydrogen) atoms. The van der Waals surface area contributed by atoms with Gasteiger partial charge < -0.3 is 5.32 Å². The molecule has 1 nitrogen and oxygen atoms in total. The average molecular weight is 231 g/mol. The molecule has 0 unspecified atom stereocenters. The minimum atomic E-state index is 0.467. The Morgan fingerprint density at radius 3 is 2.53 bits per heavy atom. The standard InChI is InChI=1S/C16H25N/c1-12-8-7-11-16(13(12)2)17-14(3)15-9-5-4-6-10-15/h4-6,9-10,12-14,16-17H,7-8,11H2,1-3H3/t12-,13-,14+,16+/m1/s1. The highest BCUT2D eigenvalue weighted by molar-refractivity contribution is 5.18. The molecule has 1 aliphatic carbocycles. The summed E-state index contributed by atoms with van der Waals surface area (Å²) in [6.45, 7) is 7.08. The van der Waals surface area contributed by atoms with E-state index in [1.54, 1.807) is 0 Å². The molecule has 0 radical (unpaired) electrons. The normalized spacial score (nSPS) is 31.1. The van der Waals surface area contributed by atoms with Crippen molar-refractivity contribution in [3.8, 4) is 0 Å². The van der Waals surface area contributed by atoms with Crippen LogP contribution in [0.1, 0.15) is 51.6 Å². The van der Waals surface area contributed by atoms with Gasteiger partial charge in [0.15, 0.2) is 0 Å². The first-order valence-electron chi connectivity index (χ1n) is 6.99. The van der Waals surface area contributed by atoms with E-state index in [0.29, 0.717) is 12.1 Å². The van der Waals surface area contributed by atoms with Gasteiger partial charge in [-0.3, -0.25) is 0 Å². The van der Waals surface area contributed by atoms with Crippen molar-refractivity contribution in [2.24, 2.45) is 11.8 Å². The monoisotopic (exact) mass is 231 g/mol. The third-order valence-electron chi connectivity index (χ3n) is 4.47. The molecule has 1 aromatic rings. The Labute approximate surface area is 106 Å². The lowest BCUT2D eigenvalue weighted by Crippen LogP contribution is -2.41. The predicted octanol–water partition coefficient (Wildman–Crippen LogP) is 4.16. The lowest BCUT2D eigenvalue weighted by molar-refractivity contribution is 0.196. The minimum Gasteiger partial charge on any atom is -0.307 e. The van der Waals surface area contributed by atoms with Gasteiger partial charge in [0, 0.05) is 12.1 Å². The molecule has 1 aliphatic rings. The molecular weight excluding hydrogens is 206 g/mol. The van der Waals surface area contributed by atoms with E-state index in [0.717, 1.165) is 11.8 Å². The van der Waals surface area contributed by atoms with Gasteiger partial charge >= 0.3 is 0 Å². The van der Waals surface area contributed by atoms with Crippen LogP contribution in [0.2, 0.25) is 0 Å². The van der Waals surface area contributed by atoms with Gasteiger partial charge in [-0.15, -0.1) is 0 Å². The van der Waals surface area contributed by atoms with E-state index in [4.69, 9.17) is 0 Å². The van der Waals surface area contributed by atoms with Crippen LogP contribution in [0.5, 0.6) is 0 Å². The maximum absolute atomic E-state index is 3.82. The zero-order valence-electron chi connectivity index (χ0n) is 11.3. The van der Waals surface area contributed by atoms with Gasteiger partial charge in [0.2, 0.25) is 0 Å². The molecule has 0 aromatic heterocycles. The van der Waals surface area contributed by atoms with E-state index in [-0.39, 0.29) is 0 Å². The molecule has 0 bridgehead atoms. The second-order valence-electron chi connectivity index (χ2n) is 5.67. The molecule has 1 fully saturated rings. The molecule has 0 saturated heterocycles. The van der Waals surface area contributed by atoms with Gasteiger partial charge in [-0.25, -0.2) is 0 Å². The predicted molar refractivity (Wildman–Crippen MR) is 74.0 cm³/mol. The Hall–Kier alpha value is -0.820. The largest absolute Gasteiger partial charge is 0.307 e. The molecule has 2 rings (SSSR count). The lowest BCUT2D eigenvalue weighted by atomic mass is 9.77. The summed E-state index contributed by atoms with van der Waals surface area (Å²) in [4.78, 5) is 0. The molecule has 0 spiro atoms. The summed E-state index contributed by atoms with van der Waals surface area (Å²) in [7, 11) is 0. The summed E-state index contributed by atoms with van der Waals surface area (Å²) >= 11 is 0. The Kier molecular flexibility index (Phi) is 4.22. The molecule has 94 valence electrons. The zero-order chi connectivity index (χ0) is 12.3. The highest BCUT2D eigenvalue weighted by atomic mass is 15.0. The summed E-state index contributed by atoms with van der Waals surface area (Å²) < 4.78 is 0.